The van der Waals surface area contributed by atoms with E-state index in [0.717, 1.165) is 5.56 Å². The van der Waals surface area contributed by atoms with Crippen LogP contribution in [0.4, 0.5) is 0 Å². The predicted octanol–water partition coefficient (Wildman–Crippen LogP) is 2.72. The van der Waals surface area contributed by atoms with Crippen LogP contribution in [0, 0.1) is 0 Å². The van der Waals surface area contributed by atoms with Crippen LogP contribution in [0.15, 0.2) is 48.7 Å². The van der Waals surface area contributed by atoms with Gasteiger partial charge in [-0.25, -0.2) is 4.79 Å². The van der Waals surface area contributed by atoms with Crippen LogP contribution in [0.1, 0.15) is 21.5 Å². The second-order valence-corrected chi connectivity index (χ2v) is 5.56. The molecule has 0 atom stereocenters. The van der Waals surface area contributed by atoms with Gasteiger partial charge in [0, 0.05) is 23.6 Å². The summed E-state index contributed by atoms with van der Waals surface area (Å²) in [6, 6.07) is 11.4. The number of carbonyl (C=O) groups is 2. The zero-order valence-electron chi connectivity index (χ0n) is 12.6. The zero-order chi connectivity index (χ0) is 17.3. The summed E-state index contributed by atoms with van der Waals surface area (Å²) < 4.78 is 1.80. The molecule has 24 heavy (non-hydrogen) atoms. The van der Waals surface area contributed by atoms with E-state index >= 15 is 0 Å². The molecule has 0 radical (unpaired) electrons. The Kier molecular flexibility index (Phi) is 3.95. The van der Waals surface area contributed by atoms with Gasteiger partial charge in [-0.1, -0.05) is 18.2 Å². The normalized spacial score (nSPS) is 10.8. The quantitative estimate of drug-likeness (QED) is 0.670. The third kappa shape index (κ3) is 3.08. The van der Waals surface area contributed by atoms with Crippen LogP contribution in [-0.4, -0.2) is 31.8 Å². The van der Waals surface area contributed by atoms with Crippen molar-refractivity contribution < 1.29 is 24.9 Å². The number of aliphatic carboxylic acids is 1. The molecule has 3 rings (SSSR count). The summed E-state index contributed by atoms with van der Waals surface area (Å²) in [4.78, 5) is 22.3. The number of phenolic OH excluding ortho intramolecular Hbond substituents is 1. The lowest BCUT2D eigenvalue weighted by Crippen LogP contribution is -2.00. The molecule has 6 nitrogen and oxygen atoms in total. The van der Waals surface area contributed by atoms with Crippen molar-refractivity contribution in [1.82, 2.24) is 4.57 Å². The maximum absolute atomic E-state index is 11.2. The first-order valence-corrected chi connectivity index (χ1v) is 7.29. The molecule has 3 N–H and O–H groups in total. The number of nitrogens with zero attached hydrogens (tertiary/aromatic N) is 1. The molecule has 0 unspecified atom stereocenters. The fraction of sp³-hybridized carbons (Fsp3) is 0.111. The van der Waals surface area contributed by atoms with E-state index in [2.05, 4.69) is 0 Å². The van der Waals surface area contributed by atoms with Gasteiger partial charge in [-0.05, 0) is 35.4 Å². The third-order valence-electron chi connectivity index (χ3n) is 3.82. The topological polar surface area (TPSA) is 99.8 Å². The van der Waals surface area contributed by atoms with Gasteiger partial charge in [-0.15, -0.1) is 0 Å². The maximum Gasteiger partial charge on any atom is 0.335 e. The molecule has 6 heteroatoms. The fourth-order valence-corrected chi connectivity index (χ4v) is 2.79. The Hall–Kier alpha value is -3.28. The van der Waals surface area contributed by atoms with Crippen molar-refractivity contribution in [3.8, 4) is 5.75 Å². The van der Waals surface area contributed by atoms with Crippen LogP contribution in [0.2, 0.25) is 0 Å². The highest BCUT2D eigenvalue weighted by Gasteiger charge is 2.14. The summed E-state index contributed by atoms with van der Waals surface area (Å²) in [5.41, 5.74) is 2.23. The molecule has 0 aliphatic heterocycles. The number of rotatable bonds is 5. The van der Waals surface area contributed by atoms with Crippen LogP contribution < -0.4 is 0 Å². The minimum absolute atomic E-state index is 0.139. The van der Waals surface area contributed by atoms with Crippen LogP contribution in [0.25, 0.3) is 10.9 Å². The summed E-state index contributed by atoms with van der Waals surface area (Å²) in [6.07, 6.45) is 1.57. The summed E-state index contributed by atoms with van der Waals surface area (Å²) in [5.74, 6) is -1.85. The highest BCUT2D eigenvalue weighted by molar-refractivity contribution is 5.95. The molecular formula is C18H15NO5. The number of aromatic hydroxyl groups is 1. The van der Waals surface area contributed by atoms with Crippen LogP contribution in [0.3, 0.4) is 0 Å². The first kappa shape index (κ1) is 15.6. The number of fused-ring (bicyclic) bond motifs is 1. The SMILES string of the molecule is O=C(O)Cc1cn(Cc2cccc(O)c2)c2cc(C(=O)O)ccc12. The Morgan fingerprint density at radius 2 is 1.83 bits per heavy atom. The van der Waals surface area contributed by atoms with Crippen LogP contribution in [-0.2, 0) is 17.8 Å². The molecular weight excluding hydrogens is 310 g/mol. The Labute approximate surface area is 137 Å². The number of aromatic nitrogens is 1. The molecule has 0 fully saturated rings. The molecule has 0 spiro atoms. The van der Waals surface area contributed by atoms with Gasteiger partial charge in [0.05, 0.1) is 12.0 Å². The lowest BCUT2D eigenvalue weighted by molar-refractivity contribution is -0.136. The number of phenols is 1. The van der Waals surface area contributed by atoms with E-state index in [0.29, 0.717) is 23.0 Å². The summed E-state index contributed by atoms with van der Waals surface area (Å²) in [6.45, 7) is 0.396. The Morgan fingerprint density at radius 3 is 2.50 bits per heavy atom. The van der Waals surface area contributed by atoms with Gasteiger partial charge >= 0.3 is 11.9 Å². The number of hydrogen-bond acceptors (Lipinski definition) is 3. The van der Waals surface area contributed by atoms with Gasteiger partial charge in [-0.3, -0.25) is 4.79 Å². The first-order valence-electron chi connectivity index (χ1n) is 7.29. The van der Waals surface area contributed by atoms with Gasteiger partial charge < -0.3 is 19.9 Å². The molecule has 1 heterocycles. The van der Waals surface area contributed by atoms with E-state index in [9.17, 15) is 19.8 Å². The number of aromatic carboxylic acids is 1. The summed E-state index contributed by atoms with van der Waals surface area (Å²) >= 11 is 0. The van der Waals surface area contributed by atoms with Crippen LogP contribution in [0.5, 0.6) is 5.75 Å². The lowest BCUT2D eigenvalue weighted by atomic mass is 10.1. The number of benzene rings is 2. The van der Waals surface area contributed by atoms with E-state index in [-0.39, 0.29) is 17.7 Å². The molecule has 0 aliphatic rings. The van der Waals surface area contributed by atoms with Crippen molar-refractivity contribution in [2.75, 3.05) is 0 Å². The molecule has 0 saturated carbocycles. The van der Waals surface area contributed by atoms with Gasteiger partial charge in [0.1, 0.15) is 5.75 Å². The molecule has 122 valence electrons. The fourth-order valence-electron chi connectivity index (χ4n) is 2.79. The minimum Gasteiger partial charge on any atom is -0.508 e. The van der Waals surface area contributed by atoms with Gasteiger partial charge in [0.2, 0.25) is 0 Å². The Bertz CT molecular complexity index is 942. The minimum atomic E-state index is -1.04. The van der Waals surface area contributed by atoms with E-state index < -0.39 is 11.9 Å². The van der Waals surface area contributed by atoms with Crippen molar-refractivity contribution in [3.05, 3.63) is 65.4 Å². The van der Waals surface area contributed by atoms with Crippen LogP contribution >= 0.6 is 0 Å². The smallest absolute Gasteiger partial charge is 0.335 e. The molecule has 1 aromatic heterocycles. The second-order valence-electron chi connectivity index (χ2n) is 5.56. The number of hydrogen-bond donors (Lipinski definition) is 3. The molecule has 3 aromatic rings. The van der Waals surface area contributed by atoms with Crippen molar-refractivity contribution in [2.45, 2.75) is 13.0 Å². The highest BCUT2D eigenvalue weighted by atomic mass is 16.4. The Morgan fingerprint density at radius 1 is 1.04 bits per heavy atom. The Balaban J connectivity index is 2.12. The molecule has 0 bridgehead atoms. The van der Waals surface area contributed by atoms with Crippen molar-refractivity contribution in [1.29, 1.82) is 0 Å². The third-order valence-corrected chi connectivity index (χ3v) is 3.82. The second kappa shape index (κ2) is 6.08. The van der Waals surface area contributed by atoms with Crippen molar-refractivity contribution in [2.24, 2.45) is 0 Å². The number of carboxylic acid groups (broad SMARTS) is 2. The molecule has 2 aromatic carbocycles. The molecule has 0 saturated heterocycles. The van der Waals surface area contributed by atoms with E-state index in [4.69, 9.17) is 5.11 Å². The largest absolute Gasteiger partial charge is 0.508 e. The summed E-state index contributed by atoms with van der Waals surface area (Å²) in [7, 11) is 0. The van der Waals surface area contributed by atoms with Crippen molar-refractivity contribution in [3.63, 3.8) is 0 Å². The average molecular weight is 325 g/mol. The van der Waals surface area contributed by atoms with Crippen molar-refractivity contribution >= 4 is 22.8 Å². The first-order chi connectivity index (χ1) is 11.4. The molecule has 0 amide bonds. The number of carboxylic acids is 2. The van der Waals surface area contributed by atoms with Gasteiger partial charge in [0.15, 0.2) is 0 Å². The molecule has 0 aliphatic carbocycles. The van der Waals surface area contributed by atoms with Gasteiger partial charge in [0.25, 0.3) is 0 Å². The predicted molar refractivity (Wildman–Crippen MR) is 87.4 cm³/mol. The van der Waals surface area contributed by atoms with E-state index in [1.807, 2.05) is 6.07 Å². The van der Waals surface area contributed by atoms with E-state index in [1.165, 1.54) is 12.1 Å². The monoisotopic (exact) mass is 325 g/mol. The van der Waals surface area contributed by atoms with E-state index in [1.54, 1.807) is 35.0 Å². The lowest BCUT2D eigenvalue weighted by Gasteiger charge is -2.06. The maximum atomic E-state index is 11.2. The van der Waals surface area contributed by atoms with Gasteiger partial charge in [-0.2, -0.15) is 0 Å². The standard InChI is InChI=1S/C18H15NO5/c20-14-3-1-2-11(6-14)9-19-10-13(8-17(21)22)15-5-4-12(18(23)24)7-16(15)19/h1-7,10,20H,8-9H2,(H,21,22)(H,23,24). The average Bonchev–Trinajstić information content (AvgIpc) is 2.84. The summed E-state index contributed by atoms with van der Waals surface area (Å²) in [5, 5.41) is 28.5. The highest BCUT2D eigenvalue weighted by Crippen LogP contribution is 2.25. The zero-order valence-corrected chi connectivity index (χ0v) is 12.6.